The third-order valence-corrected chi connectivity index (χ3v) is 7.34. The van der Waals surface area contributed by atoms with Gasteiger partial charge < -0.3 is 24.8 Å². The van der Waals surface area contributed by atoms with E-state index in [-0.39, 0.29) is 17.5 Å². The first-order chi connectivity index (χ1) is 13.3. The van der Waals surface area contributed by atoms with Crippen molar-refractivity contribution in [2.24, 2.45) is 10.8 Å². The summed E-state index contributed by atoms with van der Waals surface area (Å²) in [6.45, 7) is 12.3. The maximum absolute atomic E-state index is 12.3. The zero-order valence-electron chi connectivity index (χ0n) is 17.7. The van der Waals surface area contributed by atoms with Crippen LogP contribution in [0.15, 0.2) is 0 Å². The Morgan fingerprint density at radius 3 is 2.54 bits per heavy atom. The van der Waals surface area contributed by atoms with E-state index in [0.29, 0.717) is 24.1 Å². The molecule has 0 aromatic carbocycles. The van der Waals surface area contributed by atoms with Crippen LogP contribution in [0, 0.1) is 10.8 Å². The largest absolute Gasteiger partial charge is 0.450 e. The molecule has 3 amide bonds. The molecule has 0 bridgehead atoms. The first-order valence-corrected chi connectivity index (χ1v) is 11.0. The number of hydrogen-bond donors (Lipinski definition) is 1. The number of amides is 3. The molecular formula is C21H36N4O3. The van der Waals surface area contributed by atoms with Crippen LogP contribution < -0.4 is 5.32 Å². The lowest BCUT2D eigenvalue weighted by Gasteiger charge is -2.52. The van der Waals surface area contributed by atoms with Gasteiger partial charge in [0.25, 0.3) is 0 Å². The molecule has 4 fully saturated rings. The molecule has 3 aliphatic heterocycles. The van der Waals surface area contributed by atoms with Gasteiger partial charge in [-0.05, 0) is 49.9 Å². The Kier molecular flexibility index (Phi) is 5.23. The van der Waals surface area contributed by atoms with Crippen LogP contribution >= 0.6 is 0 Å². The van der Waals surface area contributed by atoms with Crippen molar-refractivity contribution in [3.05, 3.63) is 0 Å². The second-order valence-corrected chi connectivity index (χ2v) is 10.2. The van der Waals surface area contributed by atoms with Gasteiger partial charge in [-0.2, -0.15) is 0 Å². The normalized spacial score (nSPS) is 33.7. The van der Waals surface area contributed by atoms with Crippen molar-refractivity contribution in [1.82, 2.24) is 20.0 Å². The van der Waals surface area contributed by atoms with E-state index in [1.54, 1.807) is 0 Å². The number of carbonyl (C=O) groups excluding carboxylic acids is 2. The number of nitrogens with zero attached hydrogens (tertiary/aromatic N) is 3. The van der Waals surface area contributed by atoms with Crippen LogP contribution in [0.25, 0.3) is 0 Å². The Morgan fingerprint density at radius 2 is 1.86 bits per heavy atom. The molecule has 7 heteroatoms. The lowest BCUT2D eigenvalue weighted by molar-refractivity contribution is -0.0162. The Balaban J connectivity index is 1.24. The molecule has 0 atom stereocenters. The summed E-state index contributed by atoms with van der Waals surface area (Å²) in [5.41, 5.74) is 0.476. The second-order valence-electron chi connectivity index (χ2n) is 10.2. The minimum atomic E-state index is -0.147. The van der Waals surface area contributed by atoms with Gasteiger partial charge in [-0.1, -0.05) is 13.8 Å². The lowest BCUT2D eigenvalue weighted by atomic mass is 9.64. The number of hydrogen-bond acceptors (Lipinski definition) is 4. The Hall–Kier alpha value is -1.50. The van der Waals surface area contributed by atoms with Gasteiger partial charge >= 0.3 is 12.1 Å². The van der Waals surface area contributed by atoms with E-state index in [1.807, 2.05) is 11.8 Å². The fraction of sp³-hybridized carbons (Fsp3) is 0.905. The zero-order chi connectivity index (χ0) is 19.9. The smallest absolute Gasteiger partial charge is 0.409 e. The Morgan fingerprint density at radius 1 is 1.14 bits per heavy atom. The van der Waals surface area contributed by atoms with E-state index in [2.05, 4.69) is 29.0 Å². The average Bonchev–Trinajstić information content (AvgIpc) is 3.09. The van der Waals surface area contributed by atoms with Crippen LogP contribution in [0.5, 0.6) is 0 Å². The van der Waals surface area contributed by atoms with E-state index in [1.165, 1.54) is 12.8 Å². The third kappa shape index (κ3) is 3.82. The summed E-state index contributed by atoms with van der Waals surface area (Å²) >= 11 is 0. The maximum atomic E-state index is 12.3. The SMILES string of the molecule is CCOC(=O)N1CCC2(CC(N3CCC(N4CC(C)(C)CNC4=O)CC3)C2)C1. The van der Waals surface area contributed by atoms with E-state index in [4.69, 9.17) is 4.74 Å². The summed E-state index contributed by atoms with van der Waals surface area (Å²) in [6, 6.07) is 1.13. The van der Waals surface area contributed by atoms with Crippen molar-refractivity contribution in [1.29, 1.82) is 0 Å². The molecule has 28 heavy (non-hydrogen) atoms. The van der Waals surface area contributed by atoms with E-state index in [0.717, 1.165) is 58.5 Å². The zero-order valence-corrected chi connectivity index (χ0v) is 17.7. The predicted octanol–water partition coefficient (Wildman–Crippen LogP) is 2.51. The molecular weight excluding hydrogens is 356 g/mol. The van der Waals surface area contributed by atoms with Crippen molar-refractivity contribution < 1.29 is 14.3 Å². The number of likely N-dealkylation sites (tertiary alicyclic amines) is 2. The molecule has 0 unspecified atom stereocenters. The van der Waals surface area contributed by atoms with E-state index >= 15 is 0 Å². The molecule has 158 valence electrons. The van der Waals surface area contributed by atoms with Gasteiger partial charge in [-0.3, -0.25) is 0 Å². The summed E-state index contributed by atoms with van der Waals surface area (Å²) in [5, 5.41) is 3.06. The summed E-state index contributed by atoms with van der Waals surface area (Å²) in [7, 11) is 0. The topological polar surface area (TPSA) is 65.1 Å². The molecule has 3 saturated heterocycles. The van der Waals surface area contributed by atoms with Crippen molar-refractivity contribution in [3.63, 3.8) is 0 Å². The monoisotopic (exact) mass is 392 g/mol. The number of nitrogens with one attached hydrogen (secondary N) is 1. The van der Waals surface area contributed by atoms with Gasteiger partial charge in [0.15, 0.2) is 0 Å². The second kappa shape index (κ2) is 7.39. The number of rotatable bonds is 3. The van der Waals surface area contributed by atoms with Crippen molar-refractivity contribution >= 4 is 12.1 Å². The molecule has 1 spiro atoms. The van der Waals surface area contributed by atoms with Crippen LogP contribution in [0.1, 0.15) is 52.9 Å². The Bertz CT molecular complexity index is 609. The van der Waals surface area contributed by atoms with Crippen LogP contribution in [-0.4, -0.2) is 84.8 Å². The van der Waals surface area contributed by atoms with Crippen LogP contribution in [-0.2, 0) is 4.74 Å². The van der Waals surface area contributed by atoms with Crippen LogP contribution in [0.4, 0.5) is 9.59 Å². The molecule has 3 heterocycles. The van der Waals surface area contributed by atoms with E-state index in [9.17, 15) is 9.59 Å². The number of ether oxygens (including phenoxy) is 1. The van der Waals surface area contributed by atoms with Gasteiger partial charge in [-0.15, -0.1) is 0 Å². The molecule has 4 aliphatic rings. The summed E-state index contributed by atoms with van der Waals surface area (Å²) in [4.78, 5) is 30.9. The summed E-state index contributed by atoms with van der Waals surface area (Å²) in [5.74, 6) is 0. The maximum Gasteiger partial charge on any atom is 0.409 e. The quantitative estimate of drug-likeness (QED) is 0.802. The Labute approximate surface area is 168 Å². The van der Waals surface area contributed by atoms with Crippen LogP contribution in [0.3, 0.4) is 0 Å². The van der Waals surface area contributed by atoms with Gasteiger partial charge in [0, 0.05) is 51.4 Å². The average molecular weight is 393 g/mol. The molecule has 0 radical (unpaired) electrons. The highest BCUT2D eigenvalue weighted by Crippen LogP contribution is 2.50. The molecule has 1 saturated carbocycles. The third-order valence-electron chi connectivity index (χ3n) is 7.34. The molecule has 7 nitrogen and oxygen atoms in total. The first-order valence-electron chi connectivity index (χ1n) is 11.0. The highest BCUT2D eigenvalue weighted by molar-refractivity contribution is 5.75. The minimum Gasteiger partial charge on any atom is -0.450 e. The molecule has 4 rings (SSSR count). The molecule has 1 N–H and O–H groups in total. The fourth-order valence-electron chi connectivity index (χ4n) is 5.70. The van der Waals surface area contributed by atoms with Crippen molar-refractivity contribution in [3.8, 4) is 0 Å². The molecule has 1 aliphatic carbocycles. The minimum absolute atomic E-state index is 0.116. The first kappa shape index (κ1) is 19.8. The van der Waals surface area contributed by atoms with Gasteiger partial charge in [-0.25, -0.2) is 9.59 Å². The number of piperidine rings is 1. The highest BCUT2D eigenvalue weighted by atomic mass is 16.6. The van der Waals surface area contributed by atoms with Crippen molar-refractivity contribution in [2.75, 3.05) is 45.9 Å². The van der Waals surface area contributed by atoms with Gasteiger partial charge in [0.05, 0.1) is 6.61 Å². The van der Waals surface area contributed by atoms with Crippen molar-refractivity contribution in [2.45, 2.75) is 65.0 Å². The molecule has 0 aromatic heterocycles. The summed E-state index contributed by atoms with van der Waals surface area (Å²) in [6.07, 6.45) is 5.51. The molecule has 0 aromatic rings. The summed E-state index contributed by atoms with van der Waals surface area (Å²) < 4.78 is 5.16. The highest BCUT2D eigenvalue weighted by Gasteiger charge is 2.51. The number of carbonyl (C=O) groups is 2. The van der Waals surface area contributed by atoms with Gasteiger partial charge in [0.1, 0.15) is 0 Å². The van der Waals surface area contributed by atoms with Gasteiger partial charge in [0.2, 0.25) is 0 Å². The number of urea groups is 1. The van der Waals surface area contributed by atoms with Crippen LogP contribution in [0.2, 0.25) is 0 Å². The fourth-order valence-corrected chi connectivity index (χ4v) is 5.70. The van der Waals surface area contributed by atoms with E-state index < -0.39 is 0 Å². The lowest BCUT2D eigenvalue weighted by Crippen LogP contribution is -2.61. The predicted molar refractivity (Wildman–Crippen MR) is 107 cm³/mol. The standard InChI is InChI=1S/C21H36N4O3/c1-4-28-19(27)24-10-7-21(15-24)11-17(12-21)23-8-5-16(6-9-23)25-14-20(2,3)13-22-18(25)26/h16-17H,4-15H2,1-3H3,(H,22,26).